The van der Waals surface area contributed by atoms with Gasteiger partial charge in [-0.3, -0.25) is 0 Å². The average molecular weight is 256 g/mol. The number of thioether (sulfide) groups is 1. The molecule has 1 aromatic carbocycles. The van der Waals surface area contributed by atoms with Crippen LogP contribution in [0.1, 0.15) is 6.92 Å². The molecule has 0 atom stereocenters. The lowest BCUT2D eigenvalue weighted by Crippen LogP contribution is -2.03. The predicted molar refractivity (Wildman–Crippen MR) is 72.3 cm³/mol. The van der Waals surface area contributed by atoms with Gasteiger partial charge < -0.3 is 14.2 Å². The summed E-state index contributed by atoms with van der Waals surface area (Å²) in [6, 6.07) is 7.64. The lowest BCUT2D eigenvalue weighted by molar-refractivity contribution is 0.164. The lowest BCUT2D eigenvalue weighted by Gasteiger charge is -2.07. The largest absolute Gasteiger partial charge is 0.497 e. The first-order chi connectivity index (χ1) is 8.36. The molecule has 17 heavy (non-hydrogen) atoms. The molecule has 0 bridgehead atoms. The van der Waals surface area contributed by atoms with E-state index in [1.54, 1.807) is 7.11 Å². The maximum Gasteiger partial charge on any atom is 0.119 e. The first-order valence-corrected chi connectivity index (χ1v) is 6.94. The number of hydrogen-bond acceptors (Lipinski definition) is 4. The Morgan fingerprint density at radius 1 is 1.00 bits per heavy atom. The van der Waals surface area contributed by atoms with Gasteiger partial charge in [-0.25, -0.2) is 0 Å². The minimum Gasteiger partial charge on any atom is -0.497 e. The number of rotatable bonds is 9. The van der Waals surface area contributed by atoms with Crippen LogP contribution in [0.5, 0.6) is 11.5 Å². The second-order valence-corrected chi connectivity index (χ2v) is 4.56. The summed E-state index contributed by atoms with van der Waals surface area (Å²) in [5, 5.41) is 0. The minimum absolute atomic E-state index is 0.725. The molecule has 0 amide bonds. The zero-order valence-electron chi connectivity index (χ0n) is 10.5. The highest BCUT2D eigenvalue weighted by Gasteiger charge is 1.95. The molecule has 0 aliphatic carbocycles. The van der Waals surface area contributed by atoms with E-state index in [1.807, 2.05) is 43.0 Å². The van der Waals surface area contributed by atoms with Crippen molar-refractivity contribution in [3.63, 3.8) is 0 Å². The van der Waals surface area contributed by atoms with Gasteiger partial charge in [-0.15, -0.1) is 0 Å². The van der Waals surface area contributed by atoms with Gasteiger partial charge in [-0.2, -0.15) is 11.8 Å². The highest BCUT2D eigenvalue weighted by molar-refractivity contribution is 7.99. The quantitative estimate of drug-likeness (QED) is 0.635. The van der Waals surface area contributed by atoms with Gasteiger partial charge >= 0.3 is 0 Å². The summed E-state index contributed by atoms with van der Waals surface area (Å²) in [6.45, 7) is 4.35. The van der Waals surface area contributed by atoms with Gasteiger partial charge in [0.15, 0.2) is 0 Å². The maximum atomic E-state index is 5.59. The lowest BCUT2D eigenvalue weighted by atomic mass is 10.3. The van der Waals surface area contributed by atoms with Crippen LogP contribution in [0.2, 0.25) is 0 Å². The molecule has 0 aliphatic heterocycles. The van der Waals surface area contributed by atoms with Crippen molar-refractivity contribution < 1.29 is 14.2 Å². The molecule has 0 fully saturated rings. The molecule has 0 aliphatic rings. The fourth-order valence-corrected chi connectivity index (χ4v) is 1.90. The summed E-state index contributed by atoms with van der Waals surface area (Å²) in [7, 11) is 1.66. The van der Waals surface area contributed by atoms with Crippen molar-refractivity contribution >= 4 is 11.8 Å². The Labute approximate surface area is 107 Å². The maximum absolute atomic E-state index is 5.59. The van der Waals surface area contributed by atoms with Crippen molar-refractivity contribution in [1.29, 1.82) is 0 Å². The van der Waals surface area contributed by atoms with Crippen molar-refractivity contribution in [2.75, 3.05) is 38.4 Å². The van der Waals surface area contributed by atoms with Crippen LogP contribution < -0.4 is 9.47 Å². The van der Waals surface area contributed by atoms with Gasteiger partial charge in [0.25, 0.3) is 0 Å². The molecule has 0 N–H and O–H groups in total. The average Bonchev–Trinajstić information content (AvgIpc) is 2.38. The van der Waals surface area contributed by atoms with E-state index in [0.29, 0.717) is 0 Å². The fourth-order valence-electron chi connectivity index (χ4n) is 1.25. The Bertz CT molecular complexity index is 287. The van der Waals surface area contributed by atoms with Crippen LogP contribution in [0, 0.1) is 0 Å². The van der Waals surface area contributed by atoms with E-state index in [9.17, 15) is 0 Å². The van der Waals surface area contributed by atoms with Gasteiger partial charge in [-0.05, 0) is 31.2 Å². The van der Waals surface area contributed by atoms with Gasteiger partial charge in [0.1, 0.15) is 11.5 Å². The number of hydrogen-bond donors (Lipinski definition) is 0. The fraction of sp³-hybridized carbons (Fsp3) is 0.538. The third-order valence-corrected chi connectivity index (χ3v) is 3.04. The first-order valence-electron chi connectivity index (χ1n) is 5.79. The summed E-state index contributed by atoms with van der Waals surface area (Å²) in [5.74, 6) is 3.75. The zero-order chi connectivity index (χ0) is 12.3. The van der Waals surface area contributed by atoms with Crippen molar-refractivity contribution in [2.45, 2.75) is 6.92 Å². The number of ether oxygens (including phenoxy) is 3. The number of benzene rings is 1. The van der Waals surface area contributed by atoms with E-state index >= 15 is 0 Å². The van der Waals surface area contributed by atoms with Crippen molar-refractivity contribution in [1.82, 2.24) is 0 Å². The zero-order valence-corrected chi connectivity index (χ0v) is 11.3. The van der Waals surface area contributed by atoms with Gasteiger partial charge in [-0.1, -0.05) is 0 Å². The second-order valence-electron chi connectivity index (χ2n) is 3.33. The Morgan fingerprint density at radius 2 is 1.65 bits per heavy atom. The summed E-state index contributed by atoms with van der Waals surface area (Å²) in [5.41, 5.74) is 0. The van der Waals surface area contributed by atoms with Crippen molar-refractivity contribution in [3.05, 3.63) is 24.3 Å². The Morgan fingerprint density at radius 3 is 2.29 bits per heavy atom. The normalized spacial score (nSPS) is 10.2. The highest BCUT2D eigenvalue weighted by atomic mass is 32.2. The molecule has 1 aromatic rings. The topological polar surface area (TPSA) is 27.7 Å². The molecule has 4 heteroatoms. The second kappa shape index (κ2) is 9.19. The van der Waals surface area contributed by atoms with E-state index in [2.05, 4.69) is 0 Å². The summed E-state index contributed by atoms with van der Waals surface area (Å²) < 4.78 is 15.9. The van der Waals surface area contributed by atoms with E-state index in [4.69, 9.17) is 14.2 Å². The third-order valence-electron chi connectivity index (χ3n) is 2.13. The van der Waals surface area contributed by atoms with Crippen LogP contribution in [0.15, 0.2) is 24.3 Å². The van der Waals surface area contributed by atoms with Crippen LogP contribution in [-0.2, 0) is 4.74 Å². The molecule has 0 spiro atoms. The number of methoxy groups -OCH3 is 1. The molecule has 3 nitrogen and oxygen atoms in total. The Balaban J connectivity index is 2.05. The Kier molecular flexibility index (Phi) is 7.67. The monoisotopic (exact) mass is 256 g/mol. The molecule has 0 aromatic heterocycles. The minimum atomic E-state index is 0.725. The molecular formula is C13H20O3S. The Hall–Kier alpha value is -0.870. The van der Waals surface area contributed by atoms with E-state index in [-0.39, 0.29) is 0 Å². The molecule has 0 heterocycles. The van der Waals surface area contributed by atoms with Gasteiger partial charge in [0.05, 0.1) is 20.3 Å². The van der Waals surface area contributed by atoms with Crippen LogP contribution in [0.4, 0.5) is 0 Å². The molecular weight excluding hydrogens is 236 g/mol. The SMILES string of the molecule is CCOCCSCCOc1ccc(OC)cc1. The van der Waals surface area contributed by atoms with E-state index < -0.39 is 0 Å². The van der Waals surface area contributed by atoms with Gasteiger partial charge in [0.2, 0.25) is 0 Å². The predicted octanol–water partition coefficient (Wildman–Crippen LogP) is 2.84. The highest BCUT2D eigenvalue weighted by Crippen LogP contribution is 2.17. The third kappa shape index (κ3) is 6.44. The van der Waals surface area contributed by atoms with Crippen LogP contribution >= 0.6 is 11.8 Å². The first kappa shape index (κ1) is 14.2. The molecule has 1 rings (SSSR count). The molecule has 0 radical (unpaired) electrons. The van der Waals surface area contributed by atoms with E-state index in [1.165, 1.54) is 0 Å². The molecule has 0 saturated heterocycles. The summed E-state index contributed by atoms with van der Waals surface area (Å²) in [4.78, 5) is 0. The molecule has 0 unspecified atom stereocenters. The van der Waals surface area contributed by atoms with Gasteiger partial charge in [0, 0.05) is 18.1 Å². The van der Waals surface area contributed by atoms with Crippen molar-refractivity contribution in [3.8, 4) is 11.5 Å². The van der Waals surface area contributed by atoms with E-state index in [0.717, 1.165) is 42.8 Å². The standard InChI is InChI=1S/C13H20O3S/c1-3-15-8-10-17-11-9-16-13-6-4-12(14-2)5-7-13/h4-7H,3,8-11H2,1-2H3. The molecule has 0 saturated carbocycles. The van der Waals surface area contributed by atoms with Crippen LogP contribution in [-0.4, -0.2) is 38.4 Å². The van der Waals surface area contributed by atoms with Crippen molar-refractivity contribution in [2.24, 2.45) is 0 Å². The smallest absolute Gasteiger partial charge is 0.119 e. The summed E-state index contributed by atoms with van der Waals surface area (Å²) >= 11 is 1.85. The van der Waals surface area contributed by atoms with Crippen LogP contribution in [0.25, 0.3) is 0 Å². The molecule has 96 valence electrons. The van der Waals surface area contributed by atoms with Crippen LogP contribution in [0.3, 0.4) is 0 Å². The summed E-state index contributed by atoms with van der Waals surface area (Å²) in [6.07, 6.45) is 0.